The molecule has 0 bridgehead atoms. The monoisotopic (exact) mass is 235 g/mol. The molecule has 0 amide bonds. The highest BCUT2D eigenvalue weighted by molar-refractivity contribution is 9.10. The number of fused-ring (bicyclic) bond motifs is 1. The molecule has 0 radical (unpaired) electrons. The van der Waals surface area contributed by atoms with Crippen LogP contribution in [0.25, 0.3) is 10.9 Å². The molecule has 0 aliphatic rings. The molecule has 0 atom stereocenters. The molecule has 0 N–H and O–H groups in total. The van der Waals surface area contributed by atoms with Gasteiger partial charge in [-0.05, 0) is 12.1 Å². The average Bonchev–Trinajstić information content (AvgIpc) is 2.18. The van der Waals surface area contributed by atoms with Crippen molar-refractivity contribution in [2.24, 2.45) is 0 Å². The second-order valence-corrected chi connectivity index (χ2v) is 3.52. The molecule has 1 aromatic heterocycles. The zero-order chi connectivity index (χ0) is 9.26. The van der Waals surface area contributed by atoms with Crippen LogP contribution in [0.3, 0.4) is 0 Å². The van der Waals surface area contributed by atoms with Gasteiger partial charge in [0.1, 0.15) is 5.69 Å². The van der Waals surface area contributed by atoms with E-state index in [1.807, 2.05) is 24.3 Å². The maximum atomic E-state index is 10.5. The minimum absolute atomic E-state index is 0.450. The maximum absolute atomic E-state index is 10.5. The molecule has 0 aliphatic carbocycles. The van der Waals surface area contributed by atoms with Gasteiger partial charge in [0.15, 0.2) is 6.29 Å². The van der Waals surface area contributed by atoms with E-state index >= 15 is 0 Å². The third-order valence-corrected chi connectivity index (χ3v) is 2.46. The van der Waals surface area contributed by atoms with Crippen LogP contribution in [0.1, 0.15) is 10.5 Å². The van der Waals surface area contributed by atoms with E-state index in [-0.39, 0.29) is 0 Å². The fourth-order valence-corrected chi connectivity index (χ4v) is 1.78. The van der Waals surface area contributed by atoms with E-state index in [1.165, 1.54) is 0 Å². The summed E-state index contributed by atoms with van der Waals surface area (Å²) in [6, 6.07) is 9.40. The predicted octanol–water partition coefficient (Wildman–Crippen LogP) is 2.81. The first-order chi connectivity index (χ1) is 6.31. The summed E-state index contributed by atoms with van der Waals surface area (Å²) in [5.41, 5.74) is 1.28. The Balaban J connectivity index is 2.84. The van der Waals surface area contributed by atoms with Crippen LogP contribution in [0.2, 0.25) is 0 Å². The van der Waals surface area contributed by atoms with Gasteiger partial charge in [0.25, 0.3) is 0 Å². The Morgan fingerprint density at radius 2 is 2.08 bits per heavy atom. The molecular formula is C10H6BrNO. The van der Waals surface area contributed by atoms with Gasteiger partial charge in [0.2, 0.25) is 0 Å². The average molecular weight is 236 g/mol. The van der Waals surface area contributed by atoms with Gasteiger partial charge < -0.3 is 0 Å². The lowest BCUT2D eigenvalue weighted by atomic mass is 10.2. The smallest absolute Gasteiger partial charge is 0.168 e. The van der Waals surface area contributed by atoms with Crippen LogP contribution in [0.5, 0.6) is 0 Å². The molecular weight excluding hydrogens is 230 g/mol. The van der Waals surface area contributed by atoms with Crippen LogP contribution in [0.4, 0.5) is 0 Å². The number of hydrogen-bond acceptors (Lipinski definition) is 2. The molecule has 0 saturated carbocycles. The number of carbonyl (C=O) groups is 1. The predicted molar refractivity (Wildman–Crippen MR) is 54.8 cm³/mol. The molecule has 2 aromatic rings. The summed E-state index contributed by atoms with van der Waals surface area (Å²) in [4.78, 5) is 14.7. The van der Waals surface area contributed by atoms with E-state index in [1.54, 1.807) is 6.07 Å². The van der Waals surface area contributed by atoms with Crippen molar-refractivity contribution < 1.29 is 4.79 Å². The molecule has 64 valence electrons. The van der Waals surface area contributed by atoms with Crippen molar-refractivity contribution in [3.8, 4) is 0 Å². The Morgan fingerprint density at radius 1 is 1.31 bits per heavy atom. The van der Waals surface area contributed by atoms with Gasteiger partial charge in [-0.2, -0.15) is 0 Å². The lowest BCUT2D eigenvalue weighted by Crippen LogP contribution is -1.88. The lowest BCUT2D eigenvalue weighted by Gasteiger charge is -1.99. The number of nitrogens with zero attached hydrogens (tertiary/aromatic N) is 1. The molecule has 2 rings (SSSR count). The molecule has 1 aromatic carbocycles. The van der Waals surface area contributed by atoms with Crippen molar-refractivity contribution in [3.05, 3.63) is 40.5 Å². The van der Waals surface area contributed by atoms with E-state index in [2.05, 4.69) is 20.9 Å². The molecule has 3 heteroatoms. The Morgan fingerprint density at radius 3 is 2.85 bits per heavy atom. The van der Waals surface area contributed by atoms with E-state index in [4.69, 9.17) is 0 Å². The van der Waals surface area contributed by atoms with Gasteiger partial charge in [0.05, 0.1) is 5.52 Å². The van der Waals surface area contributed by atoms with E-state index in [0.29, 0.717) is 5.69 Å². The molecule has 0 saturated heterocycles. The summed E-state index contributed by atoms with van der Waals surface area (Å²) in [5.74, 6) is 0. The Hall–Kier alpha value is -1.22. The van der Waals surface area contributed by atoms with Crippen molar-refractivity contribution in [3.63, 3.8) is 0 Å². The van der Waals surface area contributed by atoms with Gasteiger partial charge in [-0.1, -0.05) is 34.1 Å². The zero-order valence-electron chi connectivity index (χ0n) is 6.70. The number of hydrogen-bond donors (Lipinski definition) is 0. The summed E-state index contributed by atoms with van der Waals surface area (Å²) in [5, 5.41) is 1.02. The molecule has 0 fully saturated rings. The SMILES string of the molecule is O=Cc1cc(Br)c2ccccc2n1. The third kappa shape index (κ3) is 1.47. The van der Waals surface area contributed by atoms with Crippen molar-refractivity contribution in [2.45, 2.75) is 0 Å². The lowest BCUT2D eigenvalue weighted by molar-refractivity contribution is 0.111. The summed E-state index contributed by atoms with van der Waals surface area (Å²) in [6.45, 7) is 0. The summed E-state index contributed by atoms with van der Waals surface area (Å²) in [6.07, 6.45) is 0.747. The summed E-state index contributed by atoms with van der Waals surface area (Å²) >= 11 is 3.39. The number of aromatic nitrogens is 1. The molecule has 0 spiro atoms. The van der Waals surface area contributed by atoms with Crippen molar-refractivity contribution in [2.75, 3.05) is 0 Å². The van der Waals surface area contributed by atoms with E-state index < -0.39 is 0 Å². The highest BCUT2D eigenvalue weighted by atomic mass is 79.9. The van der Waals surface area contributed by atoms with Gasteiger partial charge >= 0.3 is 0 Å². The highest BCUT2D eigenvalue weighted by Crippen LogP contribution is 2.22. The fourth-order valence-electron chi connectivity index (χ4n) is 1.21. The van der Waals surface area contributed by atoms with Crippen LogP contribution in [0, 0.1) is 0 Å². The van der Waals surface area contributed by atoms with Crippen LogP contribution >= 0.6 is 15.9 Å². The minimum Gasteiger partial charge on any atom is -0.296 e. The molecule has 1 heterocycles. The first-order valence-electron chi connectivity index (χ1n) is 3.82. The number of rotatable bonds is 1. The molecule has 2 nitrogen and oxygen atoms in total. The normalized spacial score (nSPS) is 10.2. The quantitative estimate of drug-likeness (QED) is 0.712. The maximum Gasteiger partial charge on any atom is 0.168 e. The van der Waals surface area contributed by atoms with E-state index in [9.17, 15) is 4.79 Å². The standard InChI is InChI=1S/C10H6BrNO/c11-9-5-7(6-13)12-10-4-2-1-3-8(9)10/h1-6H. The number of carbonyl (C=O) groups excluding carboxylic acids is 1. The van der Waals surface area contributed by atoms with Crippen molar-refractivity contribution >= 4 is 33.1 Å². The Bertz CT molecular complexity index is 467. The second-order valence-electron chi connectivity index (χ2n) is 2.66. The summed E-state index contributed by atoms with van der Waals surface area (Å²) in [7, 11) is 0. The van der Waals surface area contributed by atoms with Gasteiger partial charge in [-0.3, -0.25) is 4.79 Å². The summed E-state index contributed by atoms with van der Waals surface area (Å²) < 4.78 is 0.903. The third-order valence-electron chi connectivity index (χ3n) is 1.81. The Kier molecular flexibility index (Phi) is 2.10. The van der Waals surface area contributed by atoms with Crippen molar-refractivity contribution in [1.29, 1.82) is 0 Å². The number of benzene rings is 1. The number of halogens is 1. The van der Waals surface area contributed by atoms with Gasteiger partial charge in [-0.25, -0.2) is 4.98 Å². The van der Waals surface area contributed by atoms with Crippen LogP contribution in [-0.4, -0.2) is 11.3 Å². The zero-order valence-corrected chi connectivity index (χ0v) is 8.28. The first-order valence-corrected chi connectivity index (χ1v) is 4.61. The van der Waals surface area contributed by atoms with E-state index in [0.717, 1.165) is 21.7 Å². The first kappa shape index (κ1) is 8.38. The number of aldehydes is 1. The fraction of sp³-hybridized carbons (Fsp3) is 0. The largest absolute Gasteiger partial charge is 0.296 e. The topological polar surface area (TPSA) is 30.0 Å². The van der Waals surface area contributed by atoms with Crippen molar-refractivity contribution in [1.82, 2.24) is 4.98 Å². The van der Waals surface area contributed by atoms with Gasteiger partial charge in [0, 0.05) is 9.86 Å². The Labute approximate surface area is 83.7 Å². The molecule has 0 unspecified atom stereocenters. The minimum atomic E-state index is 0.450. The van der Waals surface area contributed by atoms with Crippen LogP contribution in [-0.2, 0) is 0 Å². The number of para-hydroxylation sites is 1. The van der Waals surface area contributed by atoms with Gasteiger partial charge in [-0.15, -0.1) is 0 Å². The van der Waals surface area contributed by atoms with Crippen LogP contribution in [0.15, 0.2) is 34.8 Å². The molecule has 0 aliphatic heterocycles. The van der Waals surface area contributed by atoms with Crippen LogP contribution < -0.4 is 0 Å². The second kappa shape index (κ2) is 3.26. The number of pyridine rings is 1. The highest BCUT2D eigenvalue weighted by Gasteiger charge is 2.01. The molecule has 13 heavy (non-hydrogen) atoms.